The van der Waals surface area contributed by atoms with Crippen LogP contribution in [0.4, 0.5) is 0 Å². The van der Waals surface area contributed by atoms with Gasteiger partial charge in [-0.25, -0.2) is 0 Å². The molecule has 0 bridgehead atoms. The standard InChI is InChI=1S/C7H16N2O3S/c8-5-7(6-13(10,11)12)1-3-9-4-2-7/h9H,1-6,8H2,(H,10,11,12). The van der Waals surface area contributed by atoms with Crippen LogP contribution in [0.1, 0.15) is 12.8 Å². The second kappa shape index (κ2) is 3.91. The molecule has 5 nitrogen and oxygen atoms in total. The quantitative estimate of drug-likeness (QED) is 0.528. The smallest absolute Gasteiger partial charge is 0.265 e. The number of nitrogens with one attached hydrogen (secondary N) is 1. The fourth-order valence-electron chi connectivity index (χ4n) is 1.75. The fraction of sp³-hybridized carbons (Fsp3) is 1.00. The van der Waals surface area contributed by atoms with Gasteiger partial charge >= 0.3 is 0 Å². The topological polar surface area (TPSA) is 92.4 Å². The summed E-state index contributed by atoms with van der Waals surface area (Å²) in [7, 11) is -3.90. The normalized spacial score (nSPS) is 22.9. The maximum Gasteiger partial charge on any atom is 0.265 e. The van der Waals surface area contributed by atoms with E-state index >= 15 is 0 Å². The summed E-state index contributed by atoms with van der Waals surface area (Å²) in [4.78, 5) is 0. The Balaban J connectivity index is 2.68. The molecule has 0 atom stereocenters. The first-order valence-electron chi connectivity index (χ1n) is 4.33. The van der Waals surface area contributed by atoms with Gasteiger partial charge in [0.2, 0.25) is 0 Å². The molecule has 0 aromatic heterocycles. The molecule has 1 saturated heterocycles. The van der Waals surface area contributed by atoms with Gasteiger partial charge in [0.15, 0.2) is 0 Å². The molecule has 78 valence electrons. The lowest BCUT2D eigenvalue weighted by Gasteiger charge is -2.35. The molecule has 13 heavy (non-hydrogen) atoms. The number of hydrogen-bond acceptors (Lipinski definition) is 4. The Morgan fingerprint density at radius 1 is 1.38 bits per heavy atom. The molecule has 0 saturated carbocycles. The lowest BCUT2D eigenvalue weighted by atomic mass is 9.81. The number of nitrogens with two attached hydrogens (primary N) is 1. The summed E-state index contributed by atoms with van der Waals surface area (Å²) in [6, 6.07) is 0. The molecule has 1 heterocycles. The minimum atomic E-state index is -3.90. The van der Waals surface area contributed by atoms with Crippen LogP contribution < -0.4 is 11.1 Å². The van der Waals surface area contributed by atoms with Crippen LogP contribution in [0.25, 0.3) is 0 Å². The summed E-state index contributed by atoms with van der Waals surface area (Å²) in [6.45, 7) is 1.86. The Kier molecular flexibility index (Phi) is 3.28. The van der Waals surface area contributed by atoms with Crippen molar-refractivity contribution in [1.29, 1.82) is 0 Å². The SMILES string of the molecule is NCC1(CS(=O)(=O)O)CCNCC1. The summed E-state index contributed by atoms with van der Waals surface area (Å²) >= 11 is 0. The van der Waals surface area contributed by atoms with Gasteiger partial charge in [0, 0.05) is 5.41 Å². The summed E-state index contributed by atoms with van der Waals surface area (Å²) in [5, 5.41) is 3.13. The summed E-state index contributed by atoms with van der Waals surface area (Å²) < 4.78 is 30.2. The van der Waals surface area contributed by atoms with Gasteiger partial charge in [-0.1, -0.05) is 0 Å². The van der Waals surface area contributed by atoms with Gasteiger partial charge in [-0.3, -0.25) is 4.55 Å². The molecule has 1 rings (SSSR count). The molecule has 0 unspecified atom stereocenters. The third-order valence-corrected chi connectivity index (χ3v) is 3.56. The van der Waals surface area contributed by atoms with Gasteiger partial charge < -0.3 is 11.1 Å². The Bertz CT molecular complexity index is 257. The monoisotopic (exact) mass is 208 g/mol. The lowest BCUT2D eigenvalue weighted by Crippen LogP contribution is -2.45. The van der Waals surface area contributed by atoms with E-state index in [1.807, 2.05) is 0 Å². The molecule has 4 N–H and O–H groups in total. The highest BCUT2D eigenvalue weighted by Gasteiger charge is 2.34. The minimum Gasteiger partial charge on any atom is -0.330 e. The number of hydrogen-bond donors (Lipinski definition) is 3. The van der Waals surface area contributed by atoms with Crippen molar-refractivity contribution in [1.82, 2.24) is 5.32 Å². The van der Waals surface area contributed by atoms with Crippen LogP contribution in [0.5, 0.6) is 0 Å². The summed E-state index contributed by atoms with van der Waals surface area (Å²) in [5.74, 6) is -0.210. The Morgan fingerprint density at radius 3 is 2.31 bits per heavy atom. The van der Waals surface area contributed by atoms with Crippen molar-refractivity contribution in [2.24, 2.45) is 11.1 Å². The van der Waals surface area contributed by atoms with Crippen molar-refractivity contribution in [3.63, 3.8) is 0 Å². The van der Waals surface area contributed by atoms with E-state index in [0.29, 0.717) is 19.4 Å². The van der Waals surface area contributed by atoms with Crippen LogP contribution in [-0.2, 0) is 10.1 Å². The van der Waals surface area contributed by atoms with Crippen molar-refractivity contribution in [3.05, 3.63) is 0 Å². The van der Waals surface area contributed by atoms with Gasteiger partial charge in [-0.05, 0) is 32.5 Å². The second-order valence-corrected chi connectivity index (χ2v) is 5.13. The maximum absolute atomic E-state index is 10.7. The van der Waals surface area contributed by atoms with Crippen LogP contribution in [-0.4, -0.2) is 38.4 Å². The molecular formula is C7H16N2O3S. The van der Waals surface area contributed by atoms with Crippen LogP contribution in [0, 0.1) is 5.41 Å². The van der Waals surface area contributed by atoms with E-state index in [9.17, 15) is 8.42 Å². The van der Waals surface area contributed by atoms with Gasteiger partial charge in [0.25, 0.3) is 10.1 Å². The molecule has 0 spiro atoms. The van der Waals surface area contributed by atoms with Crippen molar-refractivity contribution in [2.45, 2.75) is 12.8 Å². The Morgan fingerprint density at radius 2 is 1.92 bits per heavy atom. The van der Waals surface area contributed by atoms with Crippen molar-refractivity contribution >= 4 is 10.1 Å². The van der Waals surface area contributed by atoms with Gasteiger partial charge in [0.1, 0.15) is 0 Å². The average Bonchev–Trinajstić information content (AvgIpc) is 2.03. The van der Waals surface area contributed by atoms with Crippen LogP contribution in [0.15, 0.2) is 0 Å². The predicted molar refractivity (Wildman–Crippen MR) is 50.0 cm³/mol. The Hall–Kier alpha value is -0.170. The van der Waals surface area contributed by atoms with Crippen molar-refractivity contribution in [3.8, 4) is 0 Å². The fourth-order valence-corrected chi connectivity index (χ4v) is 2.93. The molecule has 0 aromatic rings. The summed E-state index contributed by atoms with van der Waals surface area (Å²) in [6.07, 6.45) is 1.42. The predicted octanol–water partition coefficient (Wildman–Crippen LogP) is -0.797. The molecule has 6 heteroatoms. The van der Waals surface area contributed by atoms with E-state index in [1.165, 1.54) is 0 Å². The number of rotatable bonds is 3. The van der Waals surface area contributed by atoms with E-state index in [0.717, 1.165) is 13.1 Å². The van der Waals surface area contributed by atoms with Crippen LogP contribution in [0.2, 0.25) is 0 Å². The molecule has 0 aliphatic carbocycles. The van der Waals surface area contributed by atoms with Gasteiger partial charge in [-0.15, -0.1) is 0 Å². The maximum atomic E-state index is 10.7. The van der Waals surface area contributed by atoms with E-state index in [1.54, 1.807) is 0 Å². The first kappa shape index (κ1) is 10.9. The van der Waals surface area contributed by atoms with Crippen LogP contribution in [0.3, 0.4) is 0 Å². The van der Waals surface area contributed by atoms with Crippen molar-refractivity contribution < 1.29 is 13.0 Å². The zero-order chi connectivity index (χ0) is 9.95. The second-order valence-electron chi connectivity index (χ2n) is 3.68. The molecule has 0 aromatic carbocycles. The van der Waals surface area contributed by atoms with Crippen LogP contribution >= 0.6 is 0 Å². The molecule has 0 radical (unpaired) electrons. The molecule has 1 aliphatic heterocycles. The summed E-state index contributed by atoms with van der Waals surface area (Å²) in [5.41, 5.74) is 5.12. The molecule has 1 fully saturated rings. The average molecular weight is 208 g/mol. The highest BCUT2D eigenvalue weighted by Crippen LogP contribution is 2.28. The van der Waals surface area contributed by atoms with E-state index < -0.39 is 15.5 Å². The highest BCUT2D eigenvalue weighted by atomic mass is 32.2. The zero-order valence-corrected chi connectivity index (χ0v) is 8.31. The van der Waals surface area contributed by atoms with Crippen molar-refractivity contribution in [2.75, 3.05) is 25.4 Å². The first-order valence-corrected chi connectivity index (χ1v) is 5.94. The minimum absolute atomic E-state index is 0.210. The molecule has 1 aliphatic rings. The lowest BCUT2D eigenvalue weighted by molar-refractivity contribution is 0.238. The Labute approximate surface area is 78.4 Å². The molecule has 0 amide bonds. The van der Waals surface area contributed by atoms with Gasteiger partial charge in [-0.2, -0.15) is 8.42 Å². The van der Waals surface area contributed by atoms with Gasteiger partial charge in [0.05, 0.1) is 5.75 Å². The van der Waals surface area contributed by atoms with E-state index in [4.69, 9.17) is 10.3 Å². The largest absolute Gasteiger partial charge is 0.330 e. The first-order chi connectivity index (χ1) is 5.97. The zero-order valence-electron chi connectivity index (χ0n) is 7.49. The molecular weight excluding hydrogens is 192 g/mol. The third-order valence-electron chi connectivity index (χ3n) is 2.59. The third kappa shape index (κ3) is 3.22. The van der Waals surface area contributed by atoms with E-state index in [-0.39, 0.29) is 5.75 Å². The number of piperidine rings is 1. The van der Waals surface area contributed by atoms with E-state index in [2.05, 4.69) is 5.32 Å². The highest BCUT2D eigenvalue weighted by molar-refractivity contribution is 7.85.